The monoisotopic (exact) mass is 339 g/mol. The van der Waals surface area contributed by atoms with E-state index in [0.29, 0.717) is 18.7 Å². The van der Waals surface area contributed by atoms with Gasteiger partial charge in [-0.2, -0.15) is 0 Å². The number of carbonyl (C=O) groups excluding carboxylic acids is 1. The average molecular weight is 339 g/mol. The fraction of sp³-hybridized carbons (Fsp3) is 0.400. The molecule has 0 radical (unpaired) electrons. The first-order valence-electron chi connectivity index (χ1n) is 8.70. The number of amides is 1. The fourth-order valence-corrected chi connectivity index (χ4v) is 3.35. The number of nitrogens with zero attached hydrogens (tertiary/aromatic N) is 3. The first-order chi connectivity index (χ1) is 12.0. The smallest absolute Gasteiger partial charge is 0.263 e. The van der Waals surface area contributed by atoms with Crippen molar-refractivity contribution < 1.29 is 4.79 Å². The van der Waals surface area contributed by atoms with Crippen molar-refractivity contribution in [3.8, 4) is 0 Å². The minimum Gasteiger partial charge on any atom is -0.336 e. The Balaban J connectivity index is 1.68. The quantitative estimate of drug-likeness (QED) is 0.859. The number of aryl methyl sites for hydroxylation is 2. The van der Waals surface area contributed by atoms with Crippen molar-refractivity contribution in [2.45, 2.75) is 20.4 Å². The molecular weight excluding hydrogens is 314 g/mol. The van der Waals surface area contributed by atoms with E-state index in [4.69, 9.17) is 0 Å². The molecule has 1 aromatic heterocycles. The molecule has 5 nitrogen and oxygen atoms in total. The van der Waals surface area contributed by atoms with Gasteiger partial charge in [0.1, 0.15) is 5.56 Å². The second kappa shape index (κ2) is 7.23. The van der Waals surface area contributed by atoms with Gasteiger partial charge >= 0.3 is 0 Å². The van der Waals surface area contributed by atoms with Crippen LogP contribution in [0.1, 0.15) is 27.2 Å². The molecule has 25 heavy (non-hydrogen) atoms. The van der Waals surface area contributed by atoms with Crippen LogP contribution in [0.15, 0.2) is 41.2 Å². The van der Waals surface area contributed by atoms with E-state index < -0.39 is 0 Å². The molecule has 1 aliphatic heterocycles. The summed E-state index contributed by atoms with van der Waals surface area (Å²) >= 11 is 0. The molecule has 0 aliphatic carbocycles. The van der Waals surface area contributed by atoms with Crippen molar-refractivity contribution in [2.24, 2.45) is 7.05 Å². The van der Waals surface area contributed by atoms with Crippen molar-refractivity contribution in [3.63, 3.8) is 0 Å². The molecule has 1 amide bonds. The third kappa shape index (κ3) is 3.66. The molecule has 0 atom stereocenters. The van der Waals surface area contributed by atoms with Gasteiger partial charge < -0.3 is 9.47 Å². The second-order valence-electron chi connectivity index (χ2n) is 6.76. The zero-order valence-corrected chi connectivity index (χ0v) is 15.2. The molecular formula is C20H25N3O2. The molecule has 2 aromatic rings. The van der Waals surface area contributed by atoms with Crippen LogP contribution in [0.4, 0.5) is 0 Å². The standard InChI is InChI=1S/C20H25N3O2/c1-15-13-16(2)21(3)19(24)18(15)20(25)23-11-9-22(10-12-23)14-17-7-5-4-6-8-17/h4-8,13H,9-12,14H2,1-3H3. The lowest BCUT2D eigenvalue weighted by Gasteiger charge is -2.35. The fourth-order valence-electron chi connectivity index (χ4n) is 3.35. The number of piperazine rings is 1. The lowest BCUT2D eigenvalue weighted by Crippen LogP contribution is -2.49. The Labute approximate surface area is 148 Å². The maximum absolute atomic E-state index is 12.9. The van der Waals surface area contributed by atoms with Crippen LogP contribution < -0.4 is 5.56 Å². The lowest BCUT2D eigenvalue weighted by atomic mass is 10.1. The maximum atomic E-state index is 12.9. The average Bonchev–Trinajstić information content (AvgIpc) is 2.61. The highest BCUT2D eigenvalue weighted by Crippen LogP contribution is 2.13. The summed E-state index contributed by atoms with van der Waals surface area (Å²) in [6.07, 6.45) is 0. The van der Waals surface area contributed by atoms with Gasteiger partial charge in [-0.15, -0.1) is 0 Å². The number of benzene rings is 1. The Bertz CT molecular complexity index is 819. The normalized spacial score (nSPS) is 15.4. The van der Waals surface area contributed by atoms with Crippen LogP contribution in [0.3, 0.4) is 0 Å². The Morgan fingerprint density at radius 2 is 1.68 bits per heavy atom. The number of carbonyl (C=O) groups is 1. The highest BCUT2D eigenvalue weighted by Gasteiger charge is 2.25. The molecule has 0 saturated carbocycles. The minimum atomic E-state index is -0.200. The topological polar surface area (TPSA) is 45.6 Å². The molecule has 0 bridgehead atoms. The van der Waals surface area contributed by atoms with E-state index >= 15 is 0 Å². The van der Waals surface area contributed by atoms with Gasteiger partial charge in [0.05, 0.1) is 0 Å². The minimum absolute atomic E-state index is 0.141. The van der Waals surface area contributed by atoms with Crippen molar-refractivity contribution in [1.82, 2.24) is 14.4 Å². The van der Waals surface area contributed by atoms with E-state index in [-0.39, 0.29) is 11.5 Å². The summed E-state index contributed by atoms with van der Waals surface area (Å²) in [7, 11) is 1.71. The molecule has 5 heteroatoms. The van der Waals surface area contributed by atoms with Crippen LogP contribution in [-0.4, -0.2) is 46.5 Å². The molecule has 0 spiro atoms. The molecule has 1 aliphatic rings. The lowest BCUT2D eigenvalue weighted by molar-refractivity contribution is 0.0625. The number of pyridine rings is 1. The molecule has 0 N–H and O–H groups in total. The molecule has 1 fully saturated rings. The summed E-state index contributed by atoms with van der Waals surface area (Å²) < 4.78 is 1.55. The van der Waals surface area contributed by atoms with E-state index in [0.717, 1.165) is 30.9 Å². The summed E-state index contributed by atoms with van der Waals surface area (Å²) in [6, 6.07) is 12.3. The molecule has 132 valence electrons. The van der Waals surface area contributed by atoms with Gasteiger partial charge in [0.15, 0.2) is 0 Å². The first kappa shape index (κ1) is 17.4. The van der Waals surface area contributed by atoms with Crippen molar-refractivity contribution in [1.29, 1.82) is 0 Å². The van der Waals surface area contributed by atoms with Gasteiger partial charge in [-0.25, -0.2) is 0 Å². The molecule has 1 saturated heterocycles. The van der Waals surface area contributed by atoms with Crippen LogP contribution >= 0.6 is 0 Å². The first-order valence-corrected chi connectivity index (χ1v) is 8.70. The van der Waals surface area contributed by atoms with Crippen molar-refractivity contribution in [3.05, 3.63) is 69.1 Å². The van der Waals surface area contributed by atoms with Gasteiger partial charge in [0.2, 0.25) is 0 Å². The van der Waals surface area contributed by atoms with E-state index in [9.17, 15) is 9.59 Å². The largest absolute Gasteiger partial charge is 0.336 e. The number of hydrogen-bond donors (Lipinski definition) is 0. The summed E-state index contributed by atoms with van der Waals surface area (Å²) in [5.74, 6) is -0.141. The molecule has 3 rings (SSSR count). The van der Waals surface area contributed by atoms with Crippen molar-refractivity contribution in [2.75, 3.05) is 26.2 Å². The summed E-state index contributed by atoms with van der Waals surface area (Å²) in [5.41, 5.74) is 3.02. The molecule has 0 unspecified atom stereocenters. The number of rotatable bonds is 3. The second-order valence-corrected chi connectivity index (χ2v) is 6.76. The van der Waals surface area contributed by atoms with Crippen LogP contribution in [0.2, 0.25) is 0 Å². The summed E-state index contributed by atoms with van der Waals surface area (Å²) in [4.78, 5) is 29.5. The van der Waals surface area contributed by atoms with Crippen LogP contribution in [0.25, 0.3) is 0 Å². The summed E-state index contributed by atoms with van der Waals surface area (Å²) in [5, 5.41) is 0. The van der Waals surface area contributed by atoms with E-state index in [1.165, 1.54) is 5.56 Å². The van der Waals surface area contributed by atoms with E-state index in [2.05, 4.69) is 17.0 Å². The molecule has 2 heterocycles. The Hall–Kier alpha value is -2.40. The van der Waals surface area contributed by atoms with Crippen LogP contribution in [-0.2, 0) is 13.6 Å². The highest BCUT2D eigenvalue weighted by atomic mass is 16.2. The van der Waals surface area contributed by atoms with E-state index in [1.807, 2.05) is 38.1 Å². The zero-order valence-electron chi connectivity index (χ0n) is 15.2. The van der Waals surface area contributed by atoms with Gasteiger partial charge in [0.25, 0.3) is 11.5 Å². The van der Waals surface area contributed by atoms with Crippen molar-refractivity contribution >= 4 is 5.91 Å². The van der Waals surface area contributed by atoms with Crippen LogP contribution in [0, 0.1) is 13.8 Å². The van der Waals surface area contributed by atoms with E-state index in [1.54, 1.807) is 16.5 Å². The third-order valence-electron chi connectivity index (χ3n) is 4.99. The number of hydrogen-bond acceptors (Lipinski definition) is 3. The highest BCUT2D eigenvalue weighted by molar-refractivity contribution is 5.95. The SMILES string of the molecule is Cc1cc(C)n(C)c(=O)c1C(=O)N1CCN(Cc2ccccc2)CC1. The Kier molecular flexibility index (Phi) is 5.04. The van der Waals surface area contributed by atoms with Gasteiger partial charge in [-0.3, -0.25) is 14.5 Å². The predicted molar refractivity (Wildman–Crippen MR) is 98.8 cm³/mol. The van der Waals surface area contributed by atoms with Gasteiger partial charge in [-0.1, -0.05) is 30.3 Å². The number of aromatic nitrogens is 1. The third-order valence-corrected chi connectivity index (χ3v) is 4.99. The molecule has 1 aromatic carbocycles. The Morgan fingerprint density at radius 3 is 2.32 bits per heavy atom. The van der Waals surface area contributed by atoms with Crippen LogP contribution in [0.5, 0.6) is 0 Å². The zero-order chi connectivity index (χ0) is 18.0. The predicted octanol–water partition coefficient (Wildman–Crippen LogP) is 1.96. The Morgan fingerprint density at radius 1 is 1.04 bits per heavy atom. The van der Waals surface area contributed by atoms with Gasteiger partial charge in [-0.05, 0) is 31.0 Å². The summed E-state index contributed by atoms with van der Waals surface area (Å²) in [6.45, 7) is 7.58. The van der Waals surface area contributed by atoms with Gasteiger partial charge in [0, 0.05) is 45.5 Å². The maximum Gasteiger partial charge on any atom is 0.263 e.